The zero-order valence-electron chi connectivity index (χ0n) is 10.6. The maximum Gasteiger partial charge on any atom is 0.123 e. The van der Waals surface area contributed by atoms with Crippen molar-refractivity contribution in [2.24, 2.45) is 0 Å². The molecule has 1 aromatic carbocycles. The van der Waals surface area contributed by atoms with E-state index in [1.165, 1.54) is 29.9 Å². The topological polar surface area (TPSA) is 21.3 Å². The highest BCUT2D eigenvalue weighted by Crippen LogP contribution is 2.26. The van der Waals surface area contributed by atoms with Gasteiger partial charge in [0.15, 0.2) is 0 Å². The number of para-hydroxylation sites is 1. The summed E-state index contributed by atoms with van der Waals surface area (Å²) in [6, 6.07) is 9.27. The molecular formula is C14H21NOS. The summed E-state index contributed by atoms with van der Waals surface area (Å²) in [4.78, 5) is 0. The van der Waals surface area contributed by atoms with Crippen LogP contribution in [0.5, 0.6) is 5.75 Å². The van der Waals surface area contributed by atoms with Gasteiger partial charge in [-0.3, -0.25) is 0 Å². The van der Waals surface area contributed by atoms with Gasteiger partial charge in [-0.25, -0.2) is 0 Å². The number of benzene rings is 1. The lowest BCUT2D eigenvalue weighted by atomic mass is 10.1. The third kappa shape index (κ3) is 3.39. The summed E-state index contributed by atoms with van der Waals surface area (Å²) >= 11 is 2.06. The Morgan fingerprint density at radius 3 is 2.94 bits per heavy atom. The minimum Gasteiger partial charge on any atom is -0.496 e. The van der Waals surface area contributed by atoms with Crippen LogP contribution in [0.15, 0.2) is 24.3 Å². The van der Waals surface area contributed by atoms with E-state index in [0.29, 0.717) is 12.1 Å². The molecule has 94 valence electrons. The van der Waals surface area contributed by atoms with E-state index in [4.69, 9.17) is 4.74 Å². The molecule has 1 aliphatic heterocycles. The Kier molecular flexibility index (Phi) is 4.75. The van der Waals surface area contributed by atoms with E-state index >= 15 is 0 Å². The zero-order valence-corrected chi connectivity index (χ0v) is 11.4. The highest BCUT2D eigenvalue weighted by Gasteiger charge is 2.18. The zero-order chi connectivity index (χ0) is 12.1. The first-order valence-corrected chi connectivity index (χ1v) is 7.43. The fraction of sp³-hybridized carbons (Fsp3) is 0.571. The van der Waals surface area contributed by atoms with Crippen LogP contribution in [0.4, 0.5) is 0 Å². The van der Waals surface area contributed by atoms with Crippen LogP contribution in [0.2, 0.25) is 0 Å². The van der Waals surface area contributed by atoms with Crippen molar-refractivity contribution in [3.8, 4) is 5.75 Å². The van der Waals surface area contributed by atoms with Gasteiger partial charge in [0.25, 0.3) is 0 Å². The maximum atomic E-state index is 5.41. The summed E-state index contributed by atoms with van der Waals surface area (Å²) in [5.41, 5.74) is 1.26. The number of nitrogens with one attached hydrogen (secondary N) is 1. The van der Waals surface area contributed by atoms with Gasteiger partial charge in [0.1, 0.15) is 5.75 Å². The maximum absolute atomic E-state index is 5.41. The SMILES string of the molecule is COc1ccccc1C(C)NC1CCCSC1. The van der Waals surface area contributed by atoms with Crippen LogP contribution in [-0.2, 0) is 0 Å². The molecule has 2 unspecified atom stereocenters. The lowest BCUT2D eigenvalue weighted by Gasteiger charge is -2.27. The predicted octanol–water partition coefficient (Wildman–Crippen LogP) is 3.24. The van der Waals surface area contributed by atoms with Crippen LogP contribution in [0.3, 0.4) is 0 Å². The number of ether oxygens (including phenoxy) is 1. The van der Waals surface area contributed by atoms with Crippen molar-refractivity contribution < 1.29 is 4.74 Å². The van der Waals surface area contributed by atoms with E-state index in [1.54, 1.807) is 7.11 Å². The third-order valence-corrected chi connectivity index (χ3v) is 4.47. The molecule has 0 radical (unpaired) electrons. The lowest BCUT2D eigenvalue weighted by Crippen LogP contribution is -2.35. The van der Waals surface area contributed by atoms with Crippen LogP contribution >= 0.6 is 11.8 Å². The molecule has 2 atom stereocenters. The number of methoxy groups -OCH3 is 1. The van der Waals surface area contributed by atoms with E-state index in [-0.39, 0.29) is 0 Å². The number of hydrogen-bond donors (Lipinski definition) is 1. The van der Waals surface area contributed by atoms with Gasteiger partial charge >= 0.3 is 0 Å². The minimum absolute atomic E-state index is 0.356. The Hall–Kier alpha value is -0.670. The van der Waals surface area contributed by atoms with Gasteiger partial charge in [-0.05, 0) is 31.6 Å². The fourth-order valence-corrected chi connectivity index (χ4v) is 3.42. The smallest absolute Gasteiger partial charge is 0.123 e. The molecule has 17 heavy (non-hydrogen) atoms. The van der Waals surface area contributed by atoms with Crippen molar-refractivity contribution in [3.05, 3.63) is 29.8 Å². The van der Waals surface area contributed by atoms with Crippen molar-refractivity contribution in [2.75, 3.05) is 18.6 Å². The Bertz CT molecular complexity index is 350. The van der Waals surface area contributed by atoms with Gasteiger partial charge in [0.2, 0.25) is 0 Å². The summed E-state index contributed by atoms with van der Waals surface area (Å²) in [5, 5.41) is 3.71. The third-order valence-electron chi connectivity index (χ3n) is 3.25. The van der Waals surface area contributed by atoms with Gasteiger partial charge in [0.05, 0.1) is 7.11 Å². The average molecular weight is 251 g/mol. The van der Waals surface area contributed by atoms with Gasteiger partial charge in [-0.15, -0.1) is 0 Å². The van der Waals surface area contributed by atoms with Gasteiger partial charge < -0.3 is 10.1 Å². The lowest BCUT2D eigenvalue weighted by molar-refractivity contribution is 0.392. The van der Waals surface area contributed by atoms with E-state index in [1.807, 2.05) is 12.1 Å². The molecule has 2 nitrogen and oxygen atoms in total. The molecule has 1 N–H and O–H groups in total. The molecule has 1 saturated heterocycles. The molecule has 1 heterocycles. The number of hydrogen-bond acceptors (Lipinski definition) is 3. The molecule has 0 aliphatic carbocycles. The molecule has 3 heteroatoms. The second kappa shape index (κ2) is 6.31. The molecule has 1 aromatic rings. The normalized spacial score (nSPS) is 22.1. The second-order valence-electron chi connectivity index (χ2n) is 4.54. The van der Waals surface area contributed by atoms with Crippen LogP contribution in [0.25, 0.3) is 0 Å². The Balaban J connectivity index is 2.00. The van der Waals surface area contributed by atoms with Gasteiger partial charge in [-0.1, -0.05) is 18.2 Å². The first-order chi connectivity index (χ1) is 8.31. The summed E-state index contributed by atoms with van der Waals surface area (Å²) in [6.07, 6.45) is 2.63. The van der Waals surface area contributed by atoms with Gasteiger partial charge in [-0.2, -0.15) is 11.8 Å². The van der Waals surface area contributed by atoms with Crippen molar-refractivity contribution in [2.45, 2.75) is 31.8 Å². The molecule has 0 amide bonds. The Labute approximate surface area is 108 Å². The average Bonchev–Trinajstić information content (AvgIpc) is 2.40. The highest BCUT2D eigenvalue weighted by molar-refractivity contribution is 7.99. The summed E-state index contributed by atoms with van der Waals surface area (Å²) in [5.74, 6) is 3.54. The largest absolute Gasteiger partial charge is 0.496 e. The van der Waals surface area contributed by atoms with E-state index in [9.17, 15) is 0 Å². The van der Waals surface area contributed by atoms with Crippen molar-refractivity contribution in [1.82, 2.24) is 5.32 Å². The summed E-state index contributed by atoms with van der Waals surface area (Å²) in [6.45, 7) is 2.22. The van der Waals surface area contributed by atoms with E-state index in [2.05, 4.69) is 36.1 Å². The summed E-state index contributed by atoms with van der Waals surface area (Å²) < 4.78 is 5.41. The standard InChI is InChI=1S/C14H21NOS/c1-11(15-12-6-5-9-17-10-12)13-7-3-4-8-14(13)16-2/h3-4,7-8,11-12,15H,5-6,9-10H2,1-2H3. The van der Waals surface area contributed by atoms with Gasteiger partial charge in [0, 0.05) is 23.4 Å². The number of thioether (sulfide) groups is 1. The highest BCUT2D eigenvalue weighted by atomic mass is 32.2. The molecule has 0 bridgehead atoms. The van der Waals surface area contributed by atoms with Crippen molar-refractivity contribution >= 4 is 11.8 Å². The first-order valence-electron chi connectivity index (χ1n) is 6.28. The predicted molar refractivity (Wildman–Crippen MR) is 74.9 cm³/mol. The first kappa shape index (κ1) is 12.8. The minimum atomic E-state index is 0.356. The molecule has 0 spiro atoms. The molecular weight excluding hydrogens is 230 g/mol. The molecule has 1 aliphatic rings. The fourth-order valence-electron chi connectivity index (χ4n) is 2.34. The van der Waals surface area contributed by atoms with Crippen LogP contribution < -0.4 is 10.1 Å². The van der Waals surface area contributed by atoms with Crippen molar-refractivity contribution in [3.63, 3.8) is 0 Å². The summed E-state index contributed by atoms with van der Waals surface area (Å²) in [7, 11) is 1.74. The molecule has 1 fully saturated rings. The van der Waals surface area contributed by atoms with E-state index < -0.39 is 0 Å². The number of rotatable bonds is 4. The van der Waals surface area contributed by atoms with E-state index in [0.717, 1.165) is 5.75 Å². The second-order valence-corrected chi connectivity index (χ2v) is 5.69. The molecule has 0 aromatic heterocycles. The van der Waals surface area contributed by atoms with Crippen LogP contribution in [0, 0.1) is 0 Å². The quantitative estimate of drug-likeness (QED) is 0.887. The van der Waals surface area contributed by atoms with Crippen LogP contribution in [0.1, 0.15) is 31.4 Å². The Morgan fingerprint density at radius 1 is 1.41 bits per heavy atom. The molecule has 2 rings (SSSR count). The monoisotopic (exact) mass is 251 g/mol. The van der Waals surface area contributed by atoms with Crippen LogP contribution in [-0.4, -0.2) is 24.7 Å². The van der Waals surface area contributed by atoms with Crippen molar-refractivity contribution in [1.29, 1.82) is 0 Å². The molecule has 0 saturated carbocycles. The Morgan fingerprint density at radius 2 is 2.24 bits per heavy atom.